The molecule has 1 aliphatic rings. The van der Waals surface area contributed by atoms with E-state index in [-0.39, 0.29) is 22.9 Å². The van der Waals surface area contributed by atoms with Gasteiger partial charge < -0.3 is 16.2 Å². The molecule has 5 nitrogen and oxygen atoms in total. The second kappa shape index (κ2) is 4.15. The fraction of sp³-hybridized carbons (Fsp3) is 0.400. The summed E-state index contributed by atoms with van der Waals surface area (Å²) in [6, 6.07) is 3.07. The quantitative estimate of drug-likeness (QED) is 0.725. The van der Waals surface area contributed by atoms with Gasteiger partial charge in [-0.05, 0) is 12.1 Å². The van der Waals surface area contributed by atoms with Crippen molar-refractivity contribution < 1.29 is 17.5 Å². The van der Waals surface area contributed by atoms with Crippen LogP contribution in [0.15, 0.2) is 18.2 Å². The SMILES string of the molecule is Nc1ccc(F)cc1OC1CS(=O)(=O)CC1N. The lowest BCUT2D eigenvalue weighted by atomic mass is 10.2. The Morgan fingerprint density at radius 3 is 2.65 bits per heavy atom. The maximum Gasteiger partial charge on any atom is 0.155 e. The zero-order valence-electron chi connectivity index (χ0n) is 8.97. The third-order valence-electron chi connectivity index (χ3n) is 2.60. The van der Waals surface area contributed by atoms with E-state index in [1.165, 1.54) is 12.1 Å². The Balaban J connectivity index is 2.19. The number of anilines is 1. The Morgan fingerprint density at radius 2 is 2.06 bits per heavy atom. The van der Waals surface area contributed by atoms with Crippen LogP contribution in [-0.4, -0.2) is 32.1 Å². The predicted octanol–water partition coefficient (Wildman–Crippen LogP) is -0.0890. The number of sulfone groups is 1. The Morgan fingerprint density at radius 1 is 1.35 bits per heavy atom. The summed E-state index contributed by atoms with van der Waals surface area (Å²) in [5.41, 5.74) is 11.5. The monoisotopic (exact) mass is 260 g/mol. The van der Waals surface area contributed by atoms with Crippen molar-refractivity contribution in [1.29, 1.82) is 0 Å². The van der Waals surface area contributed by atoms with Crippen molar-refractivity contribution in [3.63, 3.8) is 0 Å². The summed E-state index contributed by atoms with van der Waals surface area (Å²) >= 11 is 0. The number of rotatable bonds is 2. The summed E-state index contributed by atoms with van der Waals surface area (Å²) in [5, 5.41) is 0. The molecule has 2 atom stereocenters. The Kier molecular flexibility index (Phi) is 2.96. The zero-order chi connectivity index (χ0) is 12.6. The van der Waals surface area contributed by atoms with Crippen LogP contribution in [0.25, 0.3) is 0 Å². The van der Waals surface area contributed by atoms with E-state index in [4.69, 9.17) is 16.2 Å². The molecule has 0 radical (unpaired) electrons. The Bertz CT molecular complexity index is 532. The molecule has 94 valence electrons. The van der Waals surface area contributed by atoms with E-state index in [0.717, 1.165) is 6.07 Å². The van der Waals surface area contributed by atoms with E-state index >= 15 is 0 Å². The predicted molar refractivity (Wildman–Crippen MR) is 61.9 cm³/mol. The first-order valence-corrected chi connectivity index (χ1v) is 6.87. The lowest BCUT2D eigenvalue weighted by Gasteiger charge is -2.17. The molecule has 1 fully saturated rings. The van der Waals surface area contributed by atoms with Crippen LogP contribution >= 0.6 is 0 Å². The van der Waals surface area contributed by atoms with Crippen molar-refractivity contribution in [2.24, 2.45) is 5.73 Å². The van der Waals surface area contributed by atoms with Crippen molar-refractivity contribution in [3.8, 4) is 5.75 Å². The first kappa shape index (κ1) is 12.1. The summed E-state index contributed by atoms with van der Waals surface area (Å²) in [4.78, 5) is 0. The van der Waals surface area contributed by atoms with Crippen molar-refractivity contribution in [2.75, 3.05) is 17.2 Å². The van der Waals surface area contributed by atoms with Crippen molar-refractivity contribution in [3.05, 3.63) is 24.0 Å². The topological polar surface area (TPSA) is 95.4 Å². The van der Waals surface area contributed by atoms with Gasteiger partial charge in [-0.25, -0.2) is 12.8 Å². The fourth-order valence-corrected chi connectivity index (χ4v) is 3.49. The van der Waals surface area contributed by atoms with Crippen LogP contribution < -0.4 is 16.2 Å². The van der Waals surface area contributed by atoms with Gasteiger partial charge in [0, 0.05) is 6.07 Å². The minimum absolute atomic E-state index is 0.118. The number of hydrogen-bond donors (Lipinski definition) is 2. The van der Waals surface area contributed by atoms with Crippen LogP contribution in [-0.2, 0) is 9.84 Å². The molecule has 1 aromatic carbocycles. The first-order valence-electron chi connectivity index (χ1n) is 5.05. The molecule has 1 aromatic rings. The zero-order valence-corrected chi connectivity index (χ0v) is 9.78. The number of halogens is 1. The van der Waals surface area contributed by atoms with Crippen molar-refractivity contribution in [2.45, 2.75) is 12.1 Å². The summed E-state index contributed by atoms with van der Waals surface area (Å²) in [6.45, 7) is 0. The average Bonchev–Trinajstić information content (AvgIpc) is 2.46. The highest BCUT2D eigenvalue weighted by atomic mass is 32.2. The Labute approximate surface area is 98.5 Å². The van der Waals surface area contributed by atoms with Gasteiger partial charge >= 0.3 is 0 Å². The van der Waals surface area contributed by atoms with Gasteiger partial charge in [-0.15, -0.1) is 0 Å². The highest BCUT2D eigenvalue weighted by Gasteiger charge is 2.37. The minimum Gasteiger partial charge on any atom is -0.485 e. The molecule has 1 saturated heterocycles. The van der Waals surface area contributed by atoms with E-state index in [1.807, 2.05) is 0 Å². The molecule has 0 aromatic heterocycles. The van der Waals surface area contributed by atoms with Crippen molar-refractivity contribution in [1.82, 2.24) is 0 Å². The second-order valence-corrected chi connectivity index (χ2v) is 6.23. The molecule has 1 heterocycles. The maximum absolute atomic E-state index is 13.0. The molecule has 0 spiro atoms. The van der Waals surface area contributed by atoms with E-state index in [1.54, 1.807) is 0 Å². The molecule has 1 aliphatic heterocycles. The number of nitrogen functional groups attached to an aromatic ring is 1. The summed E-state index contributed by atoms with van der Waals surface area (Å²) in [7, 11) is -3.17. The van der Waals surface area contributed by atoms with Gasteiger partial charge in [-0.2, -0.15) is 0 Å². The third kappa shape index (κ3) is 2.67. The largest absolute Gasteiger partial charge is 0.485 e. The normalized spacial score (nSPS) is 26.9. The molecular formula is C10H13FN2O3S. The van der Waals surface area contributed by atoms with E-state index in [2.05, 4.69) is 0 Å². The molecule has 0 saturated carbocycles. The summed E-state index contributed by atoms with van der Waals surface area (Å²) < 4.78 is 41.0. The van der Waals surface area contributed by atoms with Gasteiger partial charge in [0.05, 0.1) is 23.2 Å². The number of nitrogens with two attached hydrogens (primary N) is 2. The third-order valence-corrected chi connectivity index (χ3v) is 4.33. The molecule has 0 amide bonds. The van der Waals surface area contributed by atoms with Gasteiger partial charge in [0.15, 0.2) is 9.84 Å². The molecule has 17 heavy (non-hydrogen) atoms. The van der Waals surface area contributed by atoms with Gasteiger partial charge in [0.2, 0.25) is 0 Å². The lowest BCUT2D eigenvalue weighted by Crippen LogP contribution is -2.37. The highest BCUT2D eigenvalue weighted by molar-refractivity contribution is 7.91. The number of hydrogen-bond acceptors (Lipinski definition) is 5. The van der Waals surface area contributed by atoms with Gasteiger partial charge in [-0.1, -0.05) is 0 Å². The fourth-order valence-electron chi connectivity index (χ4n) is 1.74. The van der Waals surface area contributed by atoms with E-state index in [0.29, 0.717) is 0 Å². The lowest BCUT2D eigenvalue weighted by molar-refractivity contribution is 0.210. The molecule has 2 unspecified atom stereocenters. The van der Waals surface area contributed by atoms with Gasteiger partial charge in [0.25, 0.3) is 0 Å². The Hall–Kier alpha value is -1.34. The van der Waals surface area contributed by atoms with Crippen molar-refractivity contribution >= 4 is 15.5 Å². The second-order valence-electron chi connectivity index (χ2n) is 4.08. The molecule has 0 aliphatic carbocycles. The van der Waals surface area contributed by atoms with Crippen LogP contribution in [0.3, 0.4) is 0 Å². The van der Waals surface area contributed by atoms with Gasteiger partial charge in [0.1, 0.15) is 17.7 Å². The van der Waals surface area contributed by atoms with E-state index in [9.17, 15) is 12.8 Å². The maximum atomic E-state index is 13.0. The minimum atomic E-state index is -3.17. The van der Waals surface area contributed by atoms with Crippen LogP contribution in [0, 0.1) is 5.82 Å². The van der Waals surface area contributed by atoms with Crippen LogP contribution in [0.5, 0.6) is 5.75 Å². The van der Waals surface area contributed by atoms with Crippen LogP contribution in [0.4, 0.5) is 10.1 Å². The smallest absolute Gasteiger partial charge is 0.155 e. The molecular weight excluding hydrogens is 247 g/mol. The number of benzene rings is 1. The summed E-state index contributed by atoms with van der Waals surface area (Å²) in [6.07, 6.45) is -0.677. The molecule has 4 N–H and O–H groups in total. The highest BCUT2D eigenvalue weighted by Crippen LogP contribution is 2.26. The number of ether oxygens (including phenoxy) is 1. The molecule has 0 bridgehead atoms. The molecule has 2 rings (SSSR count). The standard InChI is InChI=1S/C10H13FN2O3S/c11-6-1-2-7(12)9(3-6)16-10-5-17(14,15)4-8(10)13/h1-3,8,10H,4-5,12-13H2. The van der Waals surface area contributed by atoms with Crippen LogP contribution in [0.2, 0.25) is 0 Å². The summed E-state index contributed by atoms with van der Waals surface area (Å²) in [5.74, 6) is -0.650. The van der Waals surface area contributed by atoms with E-state index < -0.39 is 27.8 Å². The van der Waals surface area contributed by atoms with Gasteiger partial charge in [-0.3, -0.25) is 0 Å². The average molecular weight is 260 g/mol. The first-order chi connectivity index (χ1) is 7.87. The molecule has 7 heteroatoms. The van der Waals surface area contributed by atoms with Crippen LogP contribution in [0.1, 0.15) is 0 Å².